The molecule has 0 amide bonds. The van der Waals surface area contributed by atoms with E-state index in [-0.39, 0.29) is 0 Å². The fourth-order valence-corrected chi connectivity index (χ4v) is 2.25. The molecule has 20 heavy (non-hydrogen) atoms. The standard InChI is InChI=1S/C17H17N3/c1-13-8-6-7-11-16(13)20-12-14(2)18-17(20)19-15-9-4-3-5-10-15/h3-12H,1-2H3,(H,18,19). The van der Waals surface area contributed by atoms with Crippen molar-refractivity contribution in [2.75, 3.05) is 5.32 Å². The lowest BCUT2D eigenvalue weighted by atomic mass is 10.2. The van der Waals surface area contributed by atoms with Crippen LogP contribution in [0.3, 0.4) is 0 Å². The third kappa shape index (κ3) is 2.43. The zero-order valence-corrected chi connectivity index (χ0v) is 11.7. The van der Waals surface area contributed by atoms with Gasteiger partial charge in [-0.05, 0) is 37.6 Å². The van der Waals surface area contributed by atoms with E-state index in [4.69, 9.17) is 0 Å². The molecule has 1 heterocycles. The summed E-state index contributed by atoms with van der Waals surface area (Å²) in [6, 6.07) is 18.4. The van der Waals surface area contributed by atoms with Crippen LogP contribution in [0.1, 0.15) is 11.3 Å². The summed E-state index contributed by atoms with van der Waals surface area (Å²) in [4.78, 5) is 4.58. The Kier molecular flexibility index (Phi) is 3.25. The predicted molar refractivity (Wildman–Crippen MR) is 82.8 cm³/mol. The molecule has 1 N–H and O–H groups in total. The summed E-state index contributed by atoms with van der Waals surface area (Å²) in [6.45, 7) is 4.11. The molecule has 2 aromatic carbocycles. The van der Waals surface area contributed by atoms with Crippen LogP contribution in [0.25, 0.3) is 5.69 Å². The first kappa shape index (κ1) is 12.5. The number of aryl methyl sites for hydroxylation is 2. The molecule has 3 heteroatoms. The lowest BCUT2D eigenvalue weighted by Crippen LogP contribution is -2.02. The number of hydrogen-bond donors (Lipinski definition) is 1. The molecular weight excluding hydrogens is 246 g/mol. The Labute approximate surface area is 118 Å². The van der Waals surface area contributed by atoms with Crippen LogP contribution in [0.2, 0.25) is 0 Å². The SMILES string of the molecule is Cc1cn(-c2ccccc2C)c(Nc2ccccc2)n1. The Balaban J connectivity index is 2.03. The molecule has 1 aromatic heterocycles. The minimum atomic E-state index is 0.836. The van der Waals surface area contributed by atoms with Crippen molar-refractivity contribution in [3.05, 3.63) is 72.1 Å². The fraction of sp³-hybridized carbons (Fsp3) is 0.118. The van der Waals surface area contributed by atoms with Crippen LogP contribution in [0, 0.1) is 13.8 Å². The third-order valence-electron chi connectivity index (χ3n) is 3.23. The number of aromatic nitrogens is 2. The van der Waals surface area contributed by atoms with E-state index in [1.165, 1.54) is 5.56 Å². The second-order valence-corrected chi connectivity index (χ2v) is 4.85. The number of para-hydroxylation sites is 2. The van der Waals surface area contributed by atoms with Crippen molar-refractivity contribution < 1.29 is 0 Å². The van der Waals surface area contributed by atoms with E-state index >= 15 is 0 Å². The zero-order chi connectivity index (χ0) is 13.9. The van der Waals surface area contributed by atoms with Crippen LogP contribution in [0.5, 0.6) is 0 Å². The smallest absolute Gasteiger partial charge is 0.212 e. The van der Waals surface area contributed by atoms with Crippen molar-refractivity contribution in [1.82, 2.24) is 9.55 Å². The Morgan fingerprint density at radius 3 is 2.35 bits per heavy atom. The third-order valence-corrected chi connectivity index (χ3v) is 3.23. The predicted octanol–water partition coefficient (Wildman–Crippen LogP) is 4.23. The molecule has 3 aromatic rings. The number of hydrogen-bond acceptors (Lipinski definition) is 2. The summed E-state index contributed by atoms with van der Waals surface area (Å²) >= 11 is 0. The van der Waals surface area contributed by atoms with E-state index in [0.29, 0.717) is 0 Å². The Bertz CT molecular complexity index is 714. The highest BCUT2D eigenvalue weighted by atomic mass is 15.2. The molecule has 100 valence electrons. The van der Waals surface area contributed by atoms with Gasteiger partial charge in [0.2, 0.25) is 5.95 Å². The summed E-state index contributed by atoms with van der Waals surface area (Å²) in [5, 5.41) is 3.37. The monoisotopic (exact) mass is 263 g/mol. The van der Waals surface area contributed by atoms with Crippen molar-refractivity contribution in [2.45, 2.75) is 13.8 Å². The second kappa shape index (κ2) is 5.21. The van der Waals surface area contributed by atoms with Crippen LogP contribution in [-0.2, 0) is 0 Å². The van der Waals surface area contributed by atoms with Crippen LogP contribution < -0.4 is 5.32 Å². The van der Waals surface area contributed by atoms with Crippen LogP contribution in [-0.4, -0.2) is 9.55 Å². The minimum Gasteiger partial charge on any atom is -0.325 e. The minimum absolute atomic E-state index is 0.836. The largest absolute Gasteiger partial charge is 0.325 e. The molecule has 0 aliphatic rings. The Morgan fingerprint density at radius 2 is 1.60 bits per heavy atom. The van der Waals surface area contributed by atoms with Crippen LogP contribution in [0.4, 0.5) is 11.6 Å². The lowest BCUT2D eigenvalue weighted by molar-refractivity contribution is 1.05. The van der Waals surface area contributed by atoms with Crippen LogP contribution in [0.15, 0.2) is 60.8 Å². The summed E-state index contributed by atoms with van der Waals surface area (Å²) in [6.07, 6.45) is 2.05. The molecule has 0 saturated heterocycles. The highest BCUT2D eigenvalue weighted by Crippen LogP contribution is 2.22. The first-order valence-electron chi connectivity index (χ1n) is 6.68. The Hall–Kier alpha value is -2.55. The van der Waals surface area contributed by atoms with Crippen molar-refractivity contribution in [2.24, 2.45) is 0 Å². The zero-order valence-electron chi connectivity index (χ0n) is 11.7. The number of anilines is 2. The maximum atomic E-state index is 4.58. The summed E-state index contributed by atoms with van der Waals surface area (Å²) in [5.41, 5.74) is 4.40. The molecule has 0 saturated carbocycles. The van der Waals surface area contributed by atoms with Crippen molar-refractivity contribution in [3.8, 4) is 5.69 Å². The van der Waals surface area contributed by atoms with E-state index in [1.807, 2.05) is 55.6 Å². The van der Waals surface area contributed by atoms with Gasteiger partial charge < -0.3 is 5.32 Å². The van der Waals surface area contributed by atoms with Gasteiger partial charge in [0, 0.05) is 11.9 Å². The van der Waals surface area contributed by atoms with Gasteiger partial charge in [0.1, 0.15) is 0 Å². The average Bonchev–Trinajstić information content (AvgIpc) is 2.81. The maximum Gasteiger partial charge on any atom is 0.212 e. The van der Waals surface area contributed by atoms with Gasteiger partial charge in [-0.15, -0.1) is 0 Å². The van der Waals surface area contributed by atoms with Gasteiger partial charge >= 0.3 is 0 Å². The van der Waals surface area contributed by atoms with E-state index in [0.717, 1.165) is 23.0 Å². The van der Waals surface area contributed by atoms with Gasteiger partial charge in [-0.2, -0.15) is 0 Å². The van der Waals surface area contributed by atoms with Crippen molar-refractivity contribution in [1.29, 1.82) is 0 Å². The van der Waals surface area contributed by atoms with Crippen LogP contribution >= 0.6 is 0 Å². The topological polar surface area (TPSA) is 29.9 Å². The molecule has 3 rings (SSSR count). The normalized spacial score (nSPS) is 10.5. The van der Waals surface area contributed by atoms with E-state index in [2.05, 4.69) is 33.9 Å². The van der Waals surface area contributed by atoms with Gasteiger partial charge in [-0.3, -0.25) is 4.57 Å². The molecule has 3 nitrogen and oxygen atoms in total. The molecular formula is C17H17N3. The molecule has 0 aliphatic carbocycles. The molecule has 0 radical (unpaired) electrons. The molecule has 0 aliphatic heterocycles. The molecule has 0 atom stereocenters. The second-order valence-electron chi connectivity index (χ2n) is 4.85. The van der Waals surface area contributed by atoms with Gasteiger partial charge in [0.15, 0.2) is 0 Å². The fourth-order valence-electron chi connectivity index (χ4n) is 2.25. The van der Waals surface area contributed by atoms with Gasteiger partial charge in [0.05, 0.1) is 11.4 Å². The van der Waals surface area contributed by atoms with Gasteiger partial charge in [-0.25, -0.2) is 4.98 Å². The summed E-state index contributed by atoms with van der Waals surface area (Å²) in [5.74, 6) is 0.836. The van der Waals surface area contributed by atoms with E-state index in [9.17, 15) is 0 Å². The Morgan fingerprint density at radius 1 is 0.900 bits per heavy atom. The average molecular weight is 263 g/mol. The first-order valence-corrected chi connectivity index (χ1v) is 6.68. The summed E-state index contributed by atoms with van der Waals surface area (Å²) in [7, 11) is 0. The lowest BCUT2D eigenvalue weighted by Gasteiger charge is -2.11. The number of rotatable bonds is 3. The maximum absolute atomic E-state index is 4.58. The summed E-state index contributed by atoms with van der Waals surface area (Å²) < 4.78 is 2.09. The number of benzene rings is 2. The van der Waals surface area contributed by atoms with E-state index < -0.39 is 0 Å². The van der Waals surface area contributed by atoms with Gasteiger partial charge in [-0.1, -0.05) is 36.4 Å². The number of imidazole rings is 1. The number of nitrogens with one attached hydrogen (secondary N) is 1. The molecule has 0 unspecified atom stereocenters. The quantitative estimate of drug-likeness (QED) is 0.766. The highest BCUT2D eigenvalue weighted by Gasteiger charge is 2.09. The highest BCUT2D eigenvalue weighted by molar-refractivity contribution is 5.57. The van der Waals surface area contributed by atoms with Crippen molar-refractivity contribution in [3.63, 3.8) is 0 Å². The van der Waals surface area contributed by atoms with Crippen molar-refractivity contribution >= 4 is 11.6 Å². The molecule has 0 spiro atoms. The van der Waals surface area contributed by atoms with Gasteiger partial charge in [0.25, 0.3) is 0 Å². The molecule has 0 bridgehead atoms. The first-order chi connectivity index (χ1) is 9.74. The van der Waals surface area contributed by atoms with E-state index in [1.54, 1.807) is 0 Å². The number of nitrogens with zero attached hydrogens (tertiary/aromatic N) is 2. The molecule has 0 fully saturated rings.